The molecule has 0 saturated carbocycles. The van der Waals surface area contributed by atoms with Crippen molar-refractivity contribution in [3.05, 3.63) is 82.9 Å². The Kier molecular flexibility index (Phi) is 12.2. The Morgan fingerprint density at radius 2 is 1.55 bits per heavy atom. The van der Waals surface area contributed by atoms with Gasteiger partial charge in [-0.1, -0.05) is 12.1 Å². The summed E-state index contributed by atoms with van der Waals surface area (Å²) >= 11 is 4.11. The molecule has 0 bridgehead atoms. The molecule has 0 unspecified atom stereocenters. The molecule has 1 aromatic heterocycles. The van der Waals surface area contributed by atoms with E-state index in [9.17, 15) is 14.4 Å². The number of aromatic amines is 1. The second kappa shape index (κ2) is 16.1. The monoisotopic (exact) mass is 591 g/mol. The van der Waals surface area contributed by atoms with Crippen LogP contribution in [0, 0.1) is 6.92 Å². The number of aryl methyl sites for hydroxylation is 1. The minimum absolute atomic E-state index is 0.0584. The lowest BCUT2D eigenvalue weighted by Gasteiger charge is -2.16. The number of hydrogen-bond acceptors (Lipinski definition) is 8. The average molecular weight is 592 g/mol. The predicted octanol–water partition coefficient (Wildman–Crippen LogP) is 4.90. The van der Waals surface area contributed by atoms with Crippen LogP contribution in [0.4, 0.5) is 11.4 Å². The minimum atomic E-state index is -0.160. The van der Waals surface area contributed by atoms with Gasteiger partial charge in [-0.25, -0.2) is 4.98 Å². The van der Waals surface area contributed by atoms with Gasteiger partial charge in [0.2, 0.25) is 11.8 Å². The molecule has 1 saturated heterocycles. The molecular weight excluding hydrogens is 554 g/mol. The van der Waals surface area contributed by atoms with Crippen molar-refractivity contribution in [2.45, 2.75) is 31.6 Å². The summed E-state index contributed by atoms with van der Waals surface area (Å²) in [6.45, 7) is 5.18. The fourth-order valence-electron chi connectivity index (χ4n) is 4.16. The van der Waals surface area contributed by atoms with Crippen molar-refractivity contribution >= 4 is 46.7 Å². The quantitative estimate of drug-likeness (QED) is 0.235. The number of para-hydroxylation sites is 2. The Bertz CT molecular complexity index is 1510. The molecule has 10 nitrogen and oxygen atoms in total. The SMILES string of the molecule is CC(=O)Nc1ccc(S)cc1.COc1ccccc1OC.Cc1nc2ccc(NCC(=O)N3CCCC3)cc2c(=O)[nH]1. The number of nitrogens with zero attached hydrogens (tertiary/aromatic N) is 2. The number of H-pyrrole nitrogens is 1. The van der Waals surface area contributed by atoms with Crippen molar-refractivity contribution in [2.24, 2.45) is 0 Å². The highest BCUT2D eigenvalue weighted by Gasteiger charge is 2.17. The van der Waals surface area contributed by atoms with E-state index in [1.165, 1.54) is 6.92 Å². The first-order valence-corrected chi connectivity index (χ1v) is 13.9. The van der Waals surface area contributed by atoms with Crippen molar-refractivity contribution in [3.63, 3.8) is 0 Å². The highest BCUT2D eigenvalue weighted by Crippen LogP contribution is 2.24. The highest BCUT2D eigenvalue weighted by atomic mass is 32.1. The van der Waals surface area contributed by atoms with E-state index in [0.29, 0.717) is 16.7 Å². The summed E-state index contributed by atoms with van der Waals surface area (Å²) in [6, 6.07) is 20.2. The van der Waals surface area contributed by atoms with Crippen LogP contribution in [0.3, 0.4) is 0 Å². The van der Waals surface area contributed by atoms with E-state index in [1.54, 1.807) is 33.3 Å². The smallest absolute Gasteiger partial charge is 0.258 e. The fourth-order valence-corrected chi connectivity index (χ4v) is 4.31. The molecule has 0 aliphatic carbocycles. The van der Waals surface area contributed by atoms with E-state index >= 15 is 0 Å². The first-order chi connectivity index (χ1) is 20.2. The van der Waals surface area contributed by atoms with Gasteiger partial charge in [-0.2, -0.15) is 0 Å². The van der Waals surface area contributed by atoms with Crippen molar-refractivity contribution in [1.29, 1.82) is 0 Å². The second-order valence-corrected chi connectivity index (χ2v) is 9.92. The number of benzene rings is 3. The van der Waals surface area contributed by atoms with Crippen LogP contribution in [0.15, 0.2) is 76.4 Å². The summed E-state index contributed by atoms with van der Waals surface area (Å²) in [5, 5.41) is 6.27. The number of hydrogen-bond donors (Lipinski definition) is 4. The van der Waals surface area contributed by atoms with E-state index in [0.717, 1.165) is 53.7 Å². The number of rotatable bonds is 6. The van der Waals surface area contributed by atoms with E-state index in [4.69, 9.17) is 9.47 Å². The second-order valence-electron chi connectivity index (χ2n) is 9.41. The Labute approximate surface area is 250 Å². The van der Waals surface area contributed by atoms with Crippen molar-refractivity contribution in [3.8, 4) is 11.5 Å². The molecule has 4 aromatic rings. The predicted molar refractivity (Wildman–Crippen MR) is 169 cm³/mol. The Balaban J connectivity index is 0.000000194. The van der Waals surface area contributed by atoms with Gasteiger partial charge in [-0.15, -0.1) is 12.6 Å². The normalized spacial score (nSPS) is 11.9. The minimum Gasteiger partial charge on any atom is -0.493 e. The van der Waals surface area contributed by atoms with Gasteiger partial charge in [0.25, 0.3) is 5.56 Å². The lowest BCUT2D eigenvalue weighted by molar-refractivity contribution is -0.128. The molecule has 3 aromatic carbocycles. The van der Waals surface area contributed by atoms with Crippen LogP contribution in [0.5, 0.6) is 11.5 Å². The average Bonchev–Trinajstić information content (AvgIpc) is 3.53. The Hall–Kier alpha value is -4.51. The van der Waals surface area contributed by atoms with Gasteiger partial charge in [-0.05, 0) is 74.4 Å². The number of anilines is 2. The van der Waals surface area contributed by atoms with Crippen LogP contribution >= 0.6 is 12.6 Å². The molecule has 42 heavy (non-hydrogen) atoms. The van der Waals surface area contributed by atoms with Crippen LogP contribution < -0.4 is 25.7 Å². The summed E-state index contributed by atoms with van der Waals surface area (Å²) in [5.41, 5.74) is 2.06. The van der Waals surface area contributed by atoms with Gasteiger partial charge in [0, 0.05) is 36.3 Å². The maximum atomic E-state index is 12.0. The third-order valence-electron chi connectivity index (χ3n) is 6.20. The number of nitrogens with one attached hydrogen (secondary N) is 3. The zero-order valence-electron chi connectivity index (χ0n) is 24.3. The lowest BCUT2D eigenvalue weighted by atomic mass is 10.2. The topological polar surface area (TPSA) is 126 Å². The summed E-state index contributed by atoms with van der Waals surface area (Å²) in [6.07, 6.45) is 2.17. The number of aromatic nitrogens is 2. The maximum Gasteiger partial charge on any atom is 0.258 e. The number of likely N-dealkylation sites (tertiary alicyclic amines) is 1. The zero-order chi connectivity index (χ0) is 30.5. The third-order valence-corrected chi connectivity index (χ3v) is 6.50. The molecule has 2 amide bonds. The molecule has 0 atom stereocenters. The number of amides is 2. The molecule has 222 valence electrons. The molecule has 0 spiro atoms. The number of ether oxygens (including phenoxy) is 2. The van der Waals surface area contributed by atoms with Crippen LogP contribution in [0.2, 0.25) is 0 Å². The van der Waals surface area contributed by atoms with Gasteiger partial charge in [0.05, 0.1) is 31.7 Å². The van der Waals surface area contributed by atoms with Crippen LogP contribution in [0.25, 0.3) is 10.9 Å². The molecule has 1 aliphatic rings. The molecule has 1 fully saturated rings. The Morgan fingerprint density at radius 1 is 0.952 bits per heavy atom. The number of carbonyl (C=O) groups excluding carboxylic acids is 2. The van der Waals surface area contributed by atoms with Gasteiger partial charge < -0.3 is 30.0 Å². The summed E-state index contributed by atoms with van der Waals surface area (Å²) in [5.74, 6) is 2.17. The number of carbonyl (C=O) groups is 2. The van der Waals surface area contributed by atoms with Crippen LogP contribution in [-0.4, -0.2) is 60.5 Å². The van der Waals surface area contributed by atoms with E-state index in [1.807, 2.05) is 59.5 Å². The molecule has 0 radical (unpaired) electrons. The third kappa shape index (κ3) is 9.84. The molecule has 1 aliphatic heterocycles. The van der Waals surface area contributed by atoms with E-state index in [2.05, 4.69) is 33.2 Å². The molecular formula is C31H37N5O5S. The summed E-state index contributed by atoms with van der Waals surface area (Å²) in [4.78, 5) is 44.2. The van der Waals surface area contributed by atoms with Crippen LogP contribution in [-0.2, 0) is 9.59 Å². The van der Waals surface area contributed by atoms with Gasteiger partial charge >= 0.3 is 0 Å². The standard InChI is InChI=1S/C15H18N4O2.C8H9NOS.C8H10O2/c1-10-17-13-5-4-11(8-12(13)15(21)18-10)16-9-14(20)19-6-2-3-7-19;1-6(10)9-7-2-4-8(11)5-3-7;1-9-7-5-3-4-6-8(7)10-2/h4-5,8,16H,2-3,6-7,9H2,1H3,(H,17,18,21);2-5,11H,1H3,(H,9,10);3-6H,1-2H3. The number of thiol groups is 1. The van der Waals surface area contributed by atoms with Gasteiger partial charge in [-0.3, -0.25) is 14.4 Å². The van der Waals surface area contributed by atoms with Crippen molar-refractivity contribution in [2.75, 3.05) is 44.5 Å². The first-order valence-electron chi connectivity index (χ1n) is 13.5. The van der Waals surface area contributed by atoms with E-state index in [-0.39, 0.29) is 23.9 Å². The summed E-state index contributed by atoms with van der Waals surface area (Å²) < 4.78 is 10.0. The van der Waals surface area contributed by atoms with Crippen LogP contribution in [0.1, 0.15) is 25.6 Å². The number of fused-ring (bicyclic) bond motifs is 1. The van der Waals surface area contributed by atoms with Gasteiger partial charge in [0.15, 0.2) is 11.5 Å². The van der Waals surface area contributed by atoms with E-state index < -0.39 is 0 Å². The highest BCUT2D eigenvalue weighted by molar-refractivity contribution is 7.80. The molecule has 3 N–H and O–H groups in total. The van der Waals surface area contributed by atoms with Crippen molar-refractivity contribution < 1.29 is 19.1 Å². The van der Waals surface area contributed by atoms with Crippen molar-refractivity contribution in [1.82, 2.24) is 14.9 Å². The fraction of sp³-hybridized carbons (Fsp3) is 0.290. The largest absolute Gasteiger partial charge is 0.493 e. The first kappa shape index (κ1) is 32.0. The maximum absolute atomic E-state index is 12.0. The Morgan fingerprint density at radius 3 is 2.12 bits per heavy atom. The van der Waals surface area contributed by atoms with Gasteiger partial charge in [0.1, 0.15) is 5.82 Å². The molecule has 5 rings (SSSR count). The molecule has 11 heteroatoms. The zero-order valence-corrected chi connectivity index (χ0v) is 25.2. The molecule has 2 heterocycles. The number of methoxy groups -OCH3 is 2. The summed E-state index contributed by atoms with van der Waals surface area (Å²) in [7, 11) is 3.25. The lowest BCUT2D eigenvalue weighted by Crippen LogP contribution is -2.32.